The van der Waals surface area contributed by atoms with Gasteiger partial charge < -0.3 is 15.4 Å². The molecule has 4 bridgehead atoms. The summed E-state index contributed by atoms with van der Waals surface area (Å²) in [6.07, 6.45) is 9.03. The zero-order chi connectivity index (χ0) is 14.9. The summed E-state index contributed by atoms with van der Waals surface area (Å²) in [6, 6.07) is 0.558. The van der Waals surface area contributed by atoms with E-state index in [-0.39, 0.29) is 0 Å². The maximum atomic E-state index is 5.08. The highest BCUT2D eigenvalue weighted by molar-refractivity contribution is 5.06. The molecule has 4 rings (SSSR count). The van der Waals surface area contributed by atoms with Crippen LogP contribution in [0.15, 0.2) is 0 Å². The molecule has 0 amide bonds. The Morgan fingerprint density at radius 3 is 2.52 bits per heavy atom. The first kappa shape index (κ1) is 15.8. The van der Waals surface area contributed by atoms with Crippen molar-refractivity contribution < 1.29 is 4.74 Å². The lowest BCUT2D eigenvalue weighted by Crippen LogP contribution is -2.55. The van der Waals surface area contributed by atoms with Gasteiger partial charge in [-0.05, 0) is 68.1 Å². The Morgan fingerprint density at radius 2 is 1.90 bits per heavy atom. The molecule has 122 valence electrons. The smallest absolute Gasteiger partial charge is 0.0587 e. The second kappa shape index (κ2) is 6.17. The van der Waals surface area contributed by atoms with E-state index in [1.54, 1.807) is 7.11 Å². The Bertz CT molecular complexity index is 343. The van der Waals surface area contributed by atoms with Crippen molar-refractivity contribution in [2.45, 2.75) is 58.4 Å². The number of methoxy groups -OCH3 is 1. The summed E-state index contributed by atoms with van der Waals surface area (Å²) in [5.74, 6) is 2.07. The third-order valence-corrected chi connectivity index (χ3v) is 6.23. The summed E-state index contributed by atoms with van der Waals surface area (Å²) in [4.78, 5) is 0. The molecular formula is C18H34N2O. The fourth-order valence-corrected chi connectivity index (χ4v) is 6.09. The van der Waals surface area contributed by atoms with Crippen LogP contribution in [-0.4, -0.2) is 39.4 Å². The summed E-state index contributed by atoms with van der Waals surface area (Å²) in [7, 11) is 1.76. The lowest BCUT2D eigenvalue weighted by molar-refractivity contribution is -0.100. The van der Waals surface area contributed by atoms with E-state index in [1.165, 1.54) is 45.1 Å². The standard InChI is InChI=1S/C18H34N2O/c1-14(11-19-4-5-21-3)20-13-18-9-15-6-16(10-18)8-17(2,7-15)12-18/h14-16,19-20H,4-13H2,1-3H3. The summed E-state index contributed by atoms with van der Waals surface area (Å²) in [6.45, 7) is 8.91. The van der Waals surface area contributed by atoms with Crippen LogP contribution in [0.3, 0.4) is 0 Å². The first-order chi connectivity index (χ1) is 10.0. The van der Waals surface area contributed by atoms with Crippen LogP contribution >= 0.6 is 0 Å². The van der Waals surface area contributed by atoms with E-state index in [9.17, 15) is 0 Å². The van der Waals surface area contributed by atoms with Gasteiger partial charge in [0.15, 0.2) is 0 Å². The predicted octanol–water partition coefficient (Wildman–Crippen LogP) is 2.81. The Hall–Kier alpha value is -0.120. The molecule has 0 aromatic heterocycles. The Labute approximate surface area is 130 Å². The second-order valence-electron chi connectivity index (χ2n) is 8.75. The first-order valence-electron chi connectivity index (χ1n) is 8.96. The van der Waals surface area contributed by atoms with Crippen molar-refractivity contribution >= 4 is 0 Å². The number of ether oxygens (including phenoxy) is 1. The molecular weight excluding hydrogens is 260 g/mol. The Balaban J connectivity index is 1.46. The van der Waals surface area contributed by atoms with E-state index in [2.05, 4.69) is 24.5 Å². The summed E-state index contributed by atoms with van der Waals surface area (Å²) in [5.41, 5.74) is 1.30. The van der Waals surface area contributed by atoms with Gasteiger partial charge in [-0.1, -0.05) is 6.92 Å². The van der Waals surface area contributed by atoms with Crippen molar-refractivity contribution in [3.8, 4) is 0 Å². The maximum Gasteiger partial charge on any atom is 0.0587 e. The second-order valence-corrected chi connectivity index (χ2v) is 8.75. The van der Waals surface area contributed by atoms with Crippen LogP contribution in [0.1, 0.15) is 52.4 Å². The number of rotatable bonds is 8. The molecule has 0 heterocycles. The molecule has 3 heteroatoms. The fraction of sp³-hybridized carbons (Fsp3) is 1.00. The minimum Gasteiger partial charge on any atom is -0.383 e. The molecule has 2 N–H and O–H groups in total. The van der Waals surface area contributed by atoms with Crippen LogP contribution in [0.5, 0.6) is 0 Å². The average molecular weight is 294 g/mol. The summed E-state index contributed by atoms with van der Waals surface area (Å²) >= 11 is 0. The highest BCUT2D eigenvalue weighted by Gasteiger charge is 2.55. The van der Waals surface area contributed by atoms with Crippen LogP contribution in [-0.2, 0) is 4.74 Å². The van der Waals surface area contributed by atoms with Gasteiger partial charge in [0, 0.05) is 32.8 Å². The average Bonchev–Trinajstić information content (AvgIpc) is 2.39. The van der Waals surface area contributed by atoms with Crippen LogP contribution < -0.4 is 10.6 Å². The van der Waals surface area contributed by atoms with E-state index in [0.29, 0.717) is 16.9 Å². The van der Waals surface area contributed by atoms with E-state index >= 15 is 0 Å². The van der Waals surface area contributed by atoms with Crippen molar-refractivity contribution in [3.63, 3.8) is 0 Å². The minimum atomic E-state index is 0.558. The zero-order valence-corrected chi connectivity index (χ0v) is 14.2. The molecule has 4 aliphatic carbocycles. The zero-order valence-electron chi connectivity index (χ0n) is 14.2. The van der Waals surface area contributed by atoms with Gasteiger partial charge in [0.1, 0.15) is 0 Å². The van der Waals surface area contributed by atoms with Gasteiger partial charge in [-0.15, -0.1) is 0 Å². The third kappa shape index (κ3) is 3.62. The highest BCUT2D eigenvalue weighted by Crippen LogP contribution is 2.64. The molecule has 0 radical (unpaired) electrons. The van der Waals surface area contributed by atoms with Crippen molar-refractivity contribution in [2.75, 3.05) is 33.4 Å². The quantitative estimate of drug-likeness (QED) is 0.675. The topological polar surface area (TPSA) is 33.3 Å². The van der Waals surface area contributed by atoms with E-state index in [4.69, 9.17) is 4.74 Å². The van der Waals surface area contributed by atoms with Gasteiger partial charge in [-0.2, -0.15) is 0 Å². The van der Waals surface area contributed by atoms with Gasteiger partial charge in [0.2, 0.25) is 0 Å². The Morgan fingerprint density at radius 1 is 1.19 bits per heavy atom. The lowest BCUT2D eigenvalue weighted by Gasteiger charge is -2.61. The minimum absolute atomic E-state index is 0.558. The SMILES string of the molecule is COCCNCC(C)NCC12CC3CC(CC(C)(C3)C1)C2. The molecule has 4 fully saturated rings. The fourth-order valence-electron chi connectivity index (χ4n) is 6.09. The molecule has 3 unspecified atom stereocenters. The van der Waals surface area contributed by atoms with E-state index in [0.717, 1.165) is 31.5 Å². The monoisotopic (exact) mass is 294 g/mol. The van der Waals surface area contributed by atoms with Gasteiger partial charge in [0.25, 0.3) is 0 Å². The summed E-state index contributed by atoms with van der Waals surface area (Å²) in [5, 5.41) is 7.30. The van der Waals surface area contributed by atoms with Crippen LogP contribution in [0.2, 0.25) is 0 Å². The molecule has 0 spiro atoms. The predicted molar refractivity (Wildman–Crippen MR) is 87.4 cm³/mol. The van der Waals surface area contributed by atoms with Crippen molar-refractivity contribution in [1.29, 1.82) is 0 Å². The first-order valence-corrected chi connectivity index (χ1v) is 8.96. The van der Waals surface area contributed by atoms with Gasteiger partial charge >= 0.3 is 0 Å². The Kier molecular flexibility index (Phi) is 4.63. The van der Waals surface area contributed by atoms with Crippen LogP contribution in [0, 0.1) is 22.7 Å². The molecule has 4 saturated carbocycles. The van der Waals surface area contributed by atoms with Crippen molar-refractivity contribution in [2.24, 2.45) is 22.7 Å². The summed E-state index contributed by atoms with van der Waals surface area (Å²) < 4.78 is 5.08. The normalized spacial score (nSPS) is 42.4. The molecule has 3 atom stereocenters. The molecule has 0 aromatic carbocycles. The largest absolute Gasteiger partial charge is 0.383 e. The number of nitrogens with one attached hydrogen (secondary N) is 2. The third-order valence-electron chi connectivity index (χ3n) is 6.23. The van der Waals surface area contributed by atoms with Crippen LogP contribution in [0.4, 0.5) is 0 Å². The van der Waals surface area contributed by atoms with Crippen molar-refractivity contribution in [1.82, 2.24) is 10.6 Å². The van der Waals surface area contributed by atoms with Gasteiger partial charge in [-0.25, -0.2) is 0 Å². The molecule has 3 nitrogen and oxygen atoms in total. The van der Waals surface area contributed by atoms with Crippen LogP contribution in [0.25, 0.3) is 0 Å². The lowest BCUT2D eigenvalue weighted by atomic mass is 9.44. The van der Waals surface area contributed by atoms with Gasteiger partial charge in [-0.3, -0.25) is 0 Å². The highest BCUT2D eigenvalue weighted by atomic mass is 16.5. The molecule has 0 aliphatic heterocycles. The number of hydrogen-bond acceptors (Lipinski definition) is 3. The number of hydrogen-bond donors (Lipinski definition) is 2. The van der Waals surface area contributed by atoms with E-state index in [1.807, 2.05) is 0 Å². The molecule has 0 aromatic rings. The van der Waals surface area contributed by atoms with Crippen molar-refractivity contribution in [3.05, 3.63) is 0 Å². The molecule has 0 saturated heterocycles. The molecule has 21 heavy (non-hydrogen) atoms. The molecule has 4 aliphatic rings. The van der Waals surface area contributed by atoms with Gasteiger partial charge in [0.05, 0.1) is 6.61 Å². The maximum absolute atomic E-state index is 5.08. The van der Waals surface area contributed by atoms with E-state index < -0.39 is 0 Å².